The first-order valence-electron chi connectivity index (χ1n) is 11.0. The van der Waals surface area contributed by atoms with Crippen molar-refractivity contribution < 1.29 is 14.0 Å². The van der Waals surface area contributed by atoms with Crippen molar-refractivity contribution in [2.45, 2.75) is 6.54 Å². The number of benzene rings is 2. The number of amides is 2. The lowest BCUT2D eigenvalue weighted by atomic mass is 10.1. The maximum atomic E-state index is 13.4. The Morgan fingerprint density at radius 1 is 0.946 bits per heavy atom. The predicted molar refractivity (Wildman–Crippen MR) is 139 cm³/mol. The smallest absolute Gasteiger partial charge is 0.272 e. The molecule has 184 valence electrons. The van der Waals surface area contributed by atoms with E-state index in [1.165, 1.54) is 29.4 Å². The van der Waals surface area contributed by atoms with E-state index in [9.17, 15) is 9.59 Å². The van der Waals surface area contributed by atoms with Gasteiger partial charge in [-0.25, -0.2) is 9.67 Å². The second-order valence-corrected chi connectivity index (χ2v) is 8.61. The van der Waals surface area contributed by atoms with Gasteiger partial charge < -0.3 is 15.1 Å². The molecule has 3 heterocycles. The van der Waals surface area contributed by atoms with E-state index in [4.69, 9.17) is 27.6 Å². The highest BCUT2D eigenvalue weighted by Crippen LogP contribution is 2.32. The molecule has 0 bridgehead atoms. The standard InChI is InChI=1S/C26H18Cl2N6O3/c27-20-11-21(28)19(10-18(20)22-8-4-5-9-30-22)25(35)32-24-12-23(26(36)31-14-17-13-29-15-37-17)33-34(24)16-6-2-1-3-7-16/h1-13,15H,14H2,(H,31,36)(H,32,35). The van der Waals surface area contributed by atoms with Crippen molar-refractivity contribution in [2.24, 2.45) is 0 Å². The second-order valence-electron chi connectivity index (χ2n) is 7.79. The molecule has 2 amide bonds. The summed E-state index contributed by atoms with van der Waals surface area (Å²) in [4.78, 5) is 34.3. The van der Waals surface area contributed by atoms with Crippen LogP contribution in [0.15, 0.2) is 89.9 Å². The van der Waals surface area contributed by atoms with Gasteiger partial charge in [-0.3, -0.25) is 14.6 Å². The molecule has 0 saturated heterocycles. The highest BCUT2D eigenvalue weighted by Gasteiger charge is 2.21. The van der Waals surface area contributed by atoms with E-state index >= 15 is 0 Å². The fraction of sp³-hybridized carbons (Fsp3) is 0.0385. The van der Waals surface area contributed by atoms with Crippen molar-refractivity contribution in [1.82, 2.24) is 25.1 Å². The number of nitrogens with one attached hydrogen (secondary N) is 2. The number of hydrogen-bond donors (Lipinski definition) is 2. The van der Waals surface area contributed by atoms with E-state index < -0.39 is 11.8 Å². The molecule has 0 aliphatic rings. The SMILES string of the molecule is O=C(NCc1cnco1)c1cc(NC(=O)c2cc(-c3ccccn3)c(Cl)cc2Cl)n(-c2ccccc2)n1. The molecule has 5 rings (SSSR count). The van der Waals surface area contributed by atoms with Crippen LogP contribution < -0.4 is 10.6 Å². The number of para-hydroxylation sites is 1. The molecule has 0 atom stereocenters. The summed E-state index contributed by atoms with van der Waals surface area (Å²) in [6, 6.07) is 19.0. The van der Waals surface area contributed by atoms with Crippen LogP contribution >= 0.6 is 23.2 Å². The van der Waals surface area contributed by atoms with Crippen molar-refractivity contribution in [3.8, 4) is 16.9 Å². The molecular weight excluding hydrogens is 515 g/mol. The fourth-order valence-corrected chi connectivity index (χ4v) is 4.13. The van der Waals surface area contributed by atoms with Crippen molar-refractivity contribution in [3.63, 3.8) is 0 Å². The van der Waals surface area contributed by atoms with Gasteiger partial charge >= 0.3 is 0 Å². The van der Waals surface area contributed by atoms with Crippen molar-refractivity contribution in [1.29, 1.82) is 0 Å². The number of pyridine rings is 1. The first kappa shape index (κ1) is 24.2. The van der Waals surface area contributed by atoms with Gasteiger partial charge in [-0.2, -0.15) is 5.10 Å². The van der Waals surface area contributed by atoms with Crippen LogP contribution in [0.2, 0.25) is 10.0 Å². The fourth-order valence-electron chi connectivity index (χ4n) is 3.56. The van der Waals surface area contributed by atoms with Crippen LogP contribution in [-0.4, -0.2) is 31.6 Å². The van der Waals surface area contributed by atoms with Crippen LogP contribution in [0.4, 0.5) is 5.82 Å². The highest BCUT2D eigenvalue weighted by atomic mass is 35.5. The zero-order valence-corrected chi connectivity index (χ0v) is 20.6. The van der Waals surface area contributed by atoms with Crippen LogP contribution in [0.5, 0.6) is 0 Å². The lowest BCUT2D eigenvalue weighted by Crippen LogP contribution is -2.23. The van der Waals surface area contributed by atoms with Gasteiger partial charge in [-0.05, 0) is 36.4 Å². The van der Waals surface area contributed by atoms with Gasteiger partial charge in [0.2, 0.25) is 0 Å². The average molecular weight is 533 g/mol. The van der Waals surface area contributed by atoms with E-state index in [-0.39, 0.29) is 28.6 Å². The van der Waals surface area contributed by atoms with Crippen LogP contribution in [0.1, 0.15) is 26.6 Å². The number of aromatic nitrogens is 4. The topological polar surface area (TPSA) is 115 Å². The van der Waals surface area contributed by atoms with Gasteiger partial charge in [0.25, 0.3) is 11.8 Å². The Balaban J connectivity index is 1.46. The highest BCUT2D eigenvalue weighted by molar-refractivity contribution is 6.38. The zero-order valence-electron chi connectivity index (χ0n) is 19.1. The largest absolute Gasteiger partial charge is 0.447 e. The summed E-state index contributed by atoms with van der Waals surface area (Å²) >= 11 is 12.8. The Hall–Kier alpha value is -4.47. The molecule has 9 nitrogen and oxygen atoms in total. The van der Waals surface area contributed by atoms with Crippen molar-refractivity contribution in [3.05, 3.63) is 113 Å². The van der Waals surface area contributed by atoms with Crippen LogP contribution in [0, 0.1) is 0 Å². The molecule has 0 saturated carbocycles. The molecule has 3 aromatic heterocycles. The predicted octanol–water partition coefficient (Wildman–Crippen LogP) is 5.41. The molecule has 0 spiro atoms. The third kappa shape index (κ3) is 5.37. The molecule has 0 aliphatic carbocycles. The molecule has 0 aliphatic heterocycles. The number of carbonyl (C=O) groups is 2. The average Bonchev–Trinajstić information content (AvgIpc) is 3.59. The summed E-state index contributed by atoms with van der Waals surface area (Å²) in [7, 11) is 0. The molecule has 0 fully saturated rings. The minimum absolute atomic E-state index is 0.0926. The Kier molecular flexibility index (Phi) is 6.98. The Morgan fingerprint density at radius 3 is 2.49 bits per heavy atom. The molecule has 11 heteroatoms. The number of halogens is 2. The van der Waals surface area contributed by atoms with Crippen LogP contribution in [0.3, 0.4) is 0 Å². The third-order valence-corrected chi connectivity index (χ3v) is 5.96. The monoisotopic (exact) mass is 532 g/mol. The van der Waals surface area contributed by atoms with E-state index in [2.05, 4.69) is 25.7 Å². The molecule has 37 heavy (non-hydrogen) atoms. The molecule has 2 N–H and O–H groups in total. The van der Waals surface area contributed by atoms with Gasteiger partial charge in [0, 0.05) is 17.8 Å². The van der Waals surface area contributed by atoms with Crippen LogP contribution in [0.25, 0.3) is 16.9 Å². The Morgan fingerprint density at radius 2 is 1.76 bits per heavy atom. The maximum Gasteiger partial charge on any atom is 0.272 e. The lowest BCUT2D eigenvalue weighted by Gasteiger charge is -2.12. The van der Waals surface area contributed by atoms with E-state index in [1.54, 1.807) is 36.5 Å². The summed E-state index contributed by atoms with van der Waals surface area (Å²) in [5.74, 6) is -0.204. The lowest BCUT2D eigenvalue weighted by molar-refractivity contribution is 0.0941. The number of rotatable bonds is 7. The second kappa shape index (κ2) is 10.7. The van der Waals surface area contributed by atoms with Crippen molar-refractivity contribution >= 4 is 40.8 Å². The quantitative estimate of drug-likeness (QED) is 0.289. The van der Waals surface area contributed by atoms with Gasteiger partial charge in [-0.15, -0.1) is 0 Å². The van der Waals surface area contributed by atoms with Crippen LogP contribution in [-0.2, 0) is 6.54 Å². The van der Waals surface area contributed by atoms with E-state index in [0.29, 0.717) is 27.7 Å². The van der Waals surface area contributed by atoms with E-state index in [1.807, 2.05) is 24.3 Å². The van der Waals surface area contributed by atoms with Gasteiger partial charge in [0.1, 0.15) is 11.6 Å². The summed E-state index contributed by atoms with van der Waals surface area (Å²) in [6.45, 7) is 0.134. The van der Waals surface area contributed by atoms with Gasteiger partial charge in [0.05, 0.1) is 39.7 Å². The number of oxazole rings is 1. The third-order valence-electron chi connectivity index (χ3n) is 5.33. The Bertz CT molecular complexity index is 1550. The van der Waals surface area contributed by atoms with Crippen molar-refractivity contribution in [2.75, 3.05) is 5.32 Å². The molecule has 2 aromatic carbocycles. The Labute approximate surface area is 221 Å². The maximum absolute atomic E-state index is 13.4. The molecule has 0 radical (unpaired) electrons. The summed E-state index contributed by atoms with van der Waals surface area (Å²) < 4.78 is 6.61. The molecular formula is C26H18Cl2N6O3. The van der Waals surface area contributed by atoms with E-state index in [0.717, 1.165) is 0 Å². The summed E-state index contributed by atoms with van der Waals surface area (Å²) in [6.07, 6.45) is 4.41. The number of hydrogen-bond acceptors (Lipinski definition) is 6. The number of carbonyl (C=O) groups excluding carboxylic acids is 2. The zero-order chi connectivity index (χ0) is 25.8. The van der Waals surface area contributed by atoms with Gasteiger partial charge in [-0.1, -0.05) is 47.5 Å². The first-order chi connectivity index (χ1) is 18.0. The summed E-state index contributed by atoms with van der Waals surface area (Å²) in [5, 5.41) is 10.5. The number of anilines is 1. The normalized spacial score (nSPS) is 10.8. The molecule has 5 aromatic rings. The summed E-state index contributed by atoms with van der Waals surface area (Å²) in [5.41, 5.74) is 2.07. The van der Waals surface area contributed by atoms with Gasteiger partial charge in [0.15, 0.2) is 12.1 Å². The first-order valence-corrected chi connectivity index (χ1v) is 11.8. The minimum Gasteiger partial charge on any atom is -0.447 e. The molecule has 0 unspecified atom stereocenters. The number of nitrogens with zero attached hydrogens (tertiary/aromatic N) is 4. The minimum atomic E-state index is -0.510.